The monoisotopic (exact) mass is 440 g/mol. The molecule has 0 amide bonds. The number of ether oxygens (including phenoxy) is 1. The number of nitriles is 1. The first-order valence-corrected chi connectivity index (χ1v) is 7.46. The summed E-state index contributed by atoms with van der Waals surface area (Å²) >= 11 is 2.98. The second kappa shape index (κ2) is 7.03. The van der Waals surface area contributed by atoms with Crippen LogP contribution < -0.4 is 10.3 Å². The van der Waals surface area contributed by atoms with Crippen molar-refractivity contribution in [3.05, 3.63) is 62.0 Å². The van der Waals surface area contributed by atoms with Gasteiger partial charge in [-0.05, 0) is 18.2 Å². The predicted octanol–water partition coefficient (Wildman–Crippen LogP) is 4.45. The molecule has 0 saturated heterocycles. The summed E-state index contributed by atoms with van der Waals surface area (Å²) in [5.41, 5.74) is -2.23. The molecule has 0 bridgehead atoms. The molecule has 0 aliphatic rings. The van der Waals surface area contributed by atoms with E-state index < -0.39 is 29.4 Å². The average molecular weight is 441 g/mol. The van der Waals surface area contributed by atoms with Crippen molar-refractivity contribution in [1.82, 2.24) is 4.57 Å². The van der Waals surface area contributed by atoms with Crippen LogP contribution in [0.4, 0.5) is 26.3 Å². The maximum absolute atomic E-state index is 12.6. The van der Waals surface area contributed by atoms with Gasteiger partial charge in [0.1, 0.15) is 5.75 Å². The highest BCUT2D eigenvalue weighted by Gasteiger charge is 2.32. The Balaban J connectivity index is 2.41. The lowest BCUT2D eigenvalue weighted by Gasteiger charge is -2.14. The van der Waals surface area contributed by atoms with Crippen LogP contribution in [0.3, 0.4) is 0 Å². The van der Waals surface area contributed by atoms with Gasteiger partial charge in [0, 0.05) is 22.3 Å². The fourth-order valence-corrected chi connectivity index (χ4v) is 2.61. The fraction of sp³-hybridized carbons (Fsp3) is 0.200. The summed E-state index contributed by atoms with van der Waals surface area (Å²) in [6, 6.07) is 4.50. The van der Waals surface area contributed by atoms with Crippen molar-refractivity contribution in [3.8, 4) is 11.8 Å². The Labute approximate surface area is 150 Å². The van der Waals surface area contributed by atoms with Crippen LogP contribution in [-0.4, -0.2) is 10.9 Å². The van der Waals surface area contributed by atoms with Gasteiger partial charge in [0.25, 0.3) is 5.56 Å². The molecule has 0 radical (unpaired) electrons. The zero-order chi connectivity index (χ0) is 19.7. The van der Waals surface area contributed by atoms with E-state index in [4.69, 9.17) is 5.26 Å². The van der Waals surface area contributed by atoms with Crippen LogP contribution in [0.15, 0.2) is 39.7 Å². The molecule has 2 rings (SSSR count). The Morgan fingerprint density at radius 2 is 1.81 bits per heavy atom. The third-order valence-electron chi connectivity index (χ3n) is 3.17. The number of alkyl halides is 6. The molecule has 0 saturated carbocycles. The molecule has 0 atom stereocenters. The van der Waals surface area contributed by atoms with E-state index in [0.717, 1.165) is 22.9 Å². The fourth-order valence-electron chi connectivity index (χ4n) is 2.05. The lowest BCUT2D eigenvalue weighted by Crippen LogP contribution is -2.22. The van der Waals surface area contributed by atoms with Crippen LogP contribution in [0.2, 0.25) is 0 Å². The van der Waals surface area contributed by atoms with Gasteiger partial charge in [-0.3, -0.25) is 4.79 Å². The summed E-state index contributed by atoms with van der Waals surface area (Å²) in [7, 11) is 0. The van der Waals surface area contributed by atoms with Gasteiger partial charge in [0.05, 0.1) is 23.7 Å². The summed E-state index contributed by atoms with van der Waals surface area (Å²) in [6.45, 7) is -0.327. The zero-order valence-electron chi connectivity index (χ0n) is 12.5. The Morgan fingerprint density at radius 3 is 2.31 bits per heavy atom. The van der Waals surface area contributed by atoms with E-state index in [2.05, 4.69) is 20.7 Å². The highest BCUT2D eigenvalue weighted by atomic mass is 79.9. The molecular formula is C15H7BrF6N2O2. The van der Waals surface area contributed by atoms with Crippen LogP contribution in [0.25, 0.3) is 0 Å². The maximum Gasteiger partial charge on any atom is 0.573 e. The third kappa shape index (κ3) is 4.78. The highest BCUT2D eigenvalue weighted by molar-refractivity contribution is 9.10. The van der Waals surface area contributed by atoms with E-state index >= 15 is 0 Å². The molecule has 138 valence electrons. The van der Waals surface area contributed by atoms with Crippen molar-refractivity contribution in [2.75, 3.05) is 0 Å². The van der Waals surface area contributed by atoms with E-state index in [-0.39, 0.29) is 22.1 Å². The van der Waals surface area contributed by atoms with E-state index in [1.807, 2.05) is 0 Å². The van der Waals surface area contributed by atoms with Crippen molar-refractivity contribution in [3.63, 3.8) is 0 Å². The first-order chi connectivity index (χ1) is 11.9. The van der Waals surface area contributed by atoms with E-state index in [9.17, 15) is 31.1 Å². The summed E-state index contributed by atoms with van der Waals surface area (Å²) in [6.07, 6.45) is -8.76. The lowest BCUT2D eigenvalue weighted by atomic mass is 10.1. The molecule has 0 N–H and O–H groups in total. The molecule has 2 aromatic rings. The molecule has 26 heavy (non-hydrogen) atoms. The minimum Gasteiger partial charge on any atom is -0.406 e. The predicted molar refractivity (Wildman–Crippen MR) is 80.3 cm³/mol. The standard InChI is InChI=1S/C15H7BrF6N2O2/c16-12-5-10(26-15(20,21)22)3-8(6-23)11(12)7-24-2-1-9(4-13(24)25)14(17,18)19/h1-5H,7H2. The SMILES string of the molecule is N#Cc1cc(OC(F)(F)F)cc(Br)c1Cn1ccc(C(F)(F)F)cc1=O. The molecule has 1 heterocycles. The van der Waals surface area contributed by atoms with Crippen molar-refractivity contribution in [1.29, 1.82) is 5.26 Å². The Kier molecular flexibility index (Phi) is 5.36. The molecule has 1 aromatic carbocycles. The van der Waals surface area contributed by atoms with Gasteiger partial charge in [-0.1, -0.05) is 15.9 Å². The van der Waals surface area contributed by atoms with E-state index in [1.54, 1.807) is 6.07 Å². The third-order valence-corrected chi connectivity index (χ3v) is 3.88. The summed E-state index contributed by atoms with van der Waals surface area (Å²) in [4.78, 5) is 11.8. The molecule has 11 heteroatoms. The van der Waals surface area contributed by atoms with Gasteiger partial charge in [-0.15, -0.1) is 13.2 Å². The molecule has 0 spiro atoms. The number of nitrogens with zero attached hydrogens (tertiary/aromatic N) is 2. The van der Waals surface area contributed by atoms with Crippen LogP contribution >= 0.6 is 15.9 Å². The lowest BCUT2D eigenvalue weighted by molar-refractivity contribution is -0.274. The average Bonchev–Trinajstić information content (AvgIpc) is 2.48. The minimum absolute atomic E-state index is 0.0302. The van der Waals surface area contributed by atoms with Crippen molar-refractivity contribution in [2.24, 2.45) is 0 Å². The van der Waals surface area contributed by atoms with Crippen LogP contribution in [0.1, 0.15) is 16.7 Å². The topological polar surface area (TPSA) is 55.0 Å². The number of aromatic nitrogens is 1. The molecule has 4 nitrogen and oxygen atoms in total. The van der Waals surface area contributed by atoms with E-state index in [1.165, 1.54) is 0 Å². The highest BCUT2D eigenvalue weighted by Crippen LogP contribution is 2.31. The normalized spacial score (nSPS) is 11.9. The largest absolute Gasteiger partial charge is 0.573 e. The Morgan fingerprint density at radius 1 is 1.15 bits per heavy atom. The number of hydrogen-bond donors (Lipinski definition) is 0. The van der Waals surface area contributed by atoms with Gasteiger partial charge in [-0.2, -0.15) is 18.4 Å². The van der Waals surface area contributed by atoms with Crippen LogP contribution in [0, 0.1) is 11.3 Å². The Bertz CT molecular complexity index is 928. The molecule has 0 aliphatic carbocycles. The number of hydrogen-bond acceptors (Lipinski definition) is 3. The maximum atomic E-state index is 12.6. The Hall–Kier alpha value is -2.48. The first kappa shape index (κ1) is 19.8. The van der Waals surface area contributed by atoms with Gasteiger partial charge >= 0.3 is 12.5 Å². The number of rotatable bonds is 3. The molecule has 0 aliphatic heterocycles. The van der Waals surface area contributed by atoms with Gasteiger partial charge < -0.3 is 9.30 Å². The minimum atomic E-state index is -4.96. The first-order valence-electron chi connectivity index (χ1n) is 6.66. The summed E-state index contributed by atoms with van der Waals surface area (Å²) in [5, 5.41) is 9.12. The van der Waals surface area contributed by atoms with Crippen LogP contribution in [0.5, 0.6) is 5.75 Å². The smallest absolute Gasteiger partial charge is 0.406 e. The van der Waals surface area contributed by atoms with Gasteiger partial charge in [0.2, 0.25) is 0 Å². The molecule has 1 aromatic heterocycles. The van der Waals surface area contributed by atoms with Gasteiger partial charge in [0.15, 0.2) is 0 Å². The number of benzene rings is 1. The molecular weight excluding hydrogens is 434 g/mol. The zero-order valence-corrected chi connectivity index (χ0v) is 14.0. The summed E-state index contributed by atoms with van der Waals surface area (Å²) in [5.74, 6) is -0.649. The molecule has 0 fully saturated rings. The van der Waals surface area contributed by atoms with Gasteiger partial charge in [-0.25, -0.2) is 0 Å². The number of pyridine rings is 1. The molecule has 0 unspecified atom stereocenters. The summed E-state index contributed by atoms with van der Waals surface area (Å²) < 4.78 is 79.3. The second-order valence-electron chi connectivity index (χ2n) is 4.97. The van der Waals surface area contributed by atoms with Crippen molar-refractivity contribution in [2.45, 2.75) is 19.1 Å². The van der Waals surface area contributed by atoms with Crippen molar-refractivity contribution < 1.29 is 31.1 Å². The van der Waals surface area contributed by atoms with Crippen LogP contribution in [-0.2, 0) is 12.7 Å². The second-order valence-corrected chi connectivity index (χ2v) is 5.82. The number of halogens is 7. The van der Waals surface area contributed by atoms with Crippen molar-refractivity contribution >= 4 is 15.9 Å². The van der Waals surface area contributed by atoms with E-state index in [0.29, 0.717) is 12.1 Å². The quantitative estimate of drug-likeness (QED) is 0.662.